The second-order valence-corrected chi connectivity index (χ2v) is 9.32. The molecule has 4 nitrogen and oxygen atoms in total. The lowest BCUT2D eigenvalue weighted by molar-refractivity contribution is -0.135. The van der Waals surface area contributed by atoms with E-state index in [1.807, 2.05) is 32.9 Å². The summed E-state index contributed by atoms with van der Waals surface area (Å²) in [4.78, 5) is 15.4. The Hall–Kier alpha value is -1.52. The van der Waals surface area contributed by atoms with Gasteiger partial charge in [0.2, 0.25) is 0 Å². The summed E-state index contributed by atoms with van der Waals surface area (Å²) in [5, 5.41) is 3.93. The summed E-state index contributed by atoms with van der Waals surface area (Å²) in [5.74, 6) is 1.08. The van der Waals surface area contributed by atoms with Crippen LogP contribution in [-0.2, 0) is 4.79 Å². The Bertz CT molecular complexity index is 772. The number of amides is 1. The molecule has 1 N–H and O–H groups in total. The molecule has 1 fully saturated rings. The predicted molar refractivity (Wildman–Crippen MR) is 110 cm³/mol. The molecular formula is C22H31ClN2O2. The fourth-order valence-electron chi connectivity index (χ4n) is 4.49. The van der Waals surface area contributed by atoms with Crippen LogP contribution in [0.2, 0.25) is 5.02 Å². The number of nitrogens with one attached hydrogen (secondary N) is 1. The normalized spacial score (nSPS) is 27.5. The first kappa shape index (κ1) is 20.2. The maximum atomic E-state index is 13.1. The van der Waals surface area contributed by atoms with Gasteiger partial charge in [0.05, 0.1) is 6.04 Å². The standard InChI is InChI=1S/C22H31ClN2O2/c1-14-11-16(23)7-8-19(14)27-21(3,4)20(26)24-18-13-22(25(5)6)10-9-17(18)15(2)12-22/h7-9,11,15,18H,10,12-13H2,1-6H3,(H,24,26)/t15-,18?,22-/m1/s1. The van der Waals surface area contributed by atoms with Crippen LogP contribution in [0.5, 0.6) is 5.75 Å². The number of benzene rings is 1. The van der Waals surface area contributed by atoms with Gasteiger partial charge in [0.1, 0.15) is 5.75 Å². The molecule has 1 unspecified atom stereocenters. The summed E-state index contributed by atoms with van der Waals surface area (Å²) in [7, 11) is 4.29. The van der Waals surface area contributed by atoms with Crippen LogP contribution in [-0.4, -0.2) is 42.1 Å². The second-order valence-electron chi connectivity index (χ2n) is 8.88. The average molecular weight is 391 g/mol. The number of halogens is 1. The molecule has 3 aliphatic carbocycles. The molecule has 1 aromatic carbocycles. The number of hydrogen-bond acceptors (Lipinski definition) is 3. The van der Waals surface area contributed by atoms with Crippen molar-refractivity contribution in [3.63, 3.8) is 0 Å². The summed E-state index contributed by atoms with van der Waals surface area (Å²) in [6, 6.07) is 5.52. The topological polar surface area (TPSA) is 41.6 Å². The predicted octanol–water partition coefficient (Wildman–Crippen LogP) is 4.35. The molecule has 3 aliphatic rings. The van der Waals surface area contributed by atoms with Crippen LogP contribution in [0.1, 0.15) is 45.6 Å². The van der Waals surface area contributed by atoms with Gasteiger partial charge in [0, 0.05) is 10.6 Å². The number of carbonyl (C=O) groups is 1. The monoisotopic (exact) mass is 390 g/mol. The van der Waals surface area contributed by atoms with E-state index < -0.39 is 5.60 Å². The molecule has 0 saturated heterocycles. The summed E-state index contributed by atoms with van der Waals surface area (Å²) in [5.41, 5.74) is 1.45. The third-order valence-corrected chi connectivity index (χ3v) is 6.50. The van der Waals surface area contributed by atoms with Crippen LogP contribution in [0.3, 0.4) is 0 Å². The smallest absolute Gasteiger partial charge is 0.264 e. The van der Waals surface area contributed by atoms with E-state index in [1.165, 1.54) is 5.57 Å². The molecule has 0 heterocycles. The Kier molecular flexibility index (Phi) is 5.35. The van der Waals surface area contributed by atoms with Gasteiger partial charge in [0.15, 0.2) is 5.60 Å². The van der Waals surface area contributed by atoms with Gasteiger partial charge in [-0.1, -0.05) is 24.6 Å². The SMILES string of the molecule is Cc1cc(Cl)ccc1OC(C)(C)C(=O)NC1C[C@@]2(N(C)C)CC=C1[C@H](C)C2. The Balaban J connectivity index is 1.74. The molecule has 0 aliphatic heterocycles. The Labute approximate surface area is 167 Å². The summed E-state index contributed by atoms with van der Waals surface area (Å²) in [6.07, 6.45) is 5.51. The number of rotatable bonds is 5. The lowest BCUT2D eigenvalue weighted by Crippen LogP contribution is -2.60. The number of ether oxygens (including phenoxy) is 1. The number of aryl methyl sites for hydroxylation is 1. The first-order valence-electron chi connectivity index (χ1n) is 9.67. The zero-order valence-corrected chi connectivity index (χ0v) is 18.0. The lowest BCUT2D eigenvalue weighted by atomic mass is 9.64. The van der Waals surface area contributed by atoms with E-state index in [0.717, 1.165) is 24.8 Å². The van der Waals surface area contributed by atoms with Gasteiger partial charge in [-0.15, -0.1) is 0 Å². The summed E-state index contributed by atoms with van der Waals surface area (Å²) >= 11 is 6.02. The van der Waals surface area contributed by atoms with Crippen molar-refractivity contribution in [2.24, 2.45) is 5.92 Å². The van der Waals surface area contributed by atoms with E-state index in [0.29, 0.717) is 16.7 Å². The number of hydrogen-bond donors (Lipinski definition) is 1. The largest absolute Gasteiger partial charge is 0.478 e. The molecule has 4 rings (SSSR count). The molecule has 1 amide bonds. The van der Waals surface area contributed by atoms with Crippen molar-refractivity contribution >= 4 is 17.5 Å². The highest BCUT2D eigenvalue weighted by Gasteiger charge is 2.47. The maximum Gasteiger partial charge on any atom is 0.264 e. The molecule has 1 aromatic rings. The van der Waals surface area contributed by atoms with Gasteiger partial charge >= 0.3 is 0 Å². The molecule has 0 spiro atoms. The van der Waals surface area contributed by atoms with Crippen LogP contribution in [0.15, 0.2) is 29.8 Å². The third-order valence-electron chi connectivity index (χ3n) is 6.26. The fourth-order valence-corrected chi connectivity index (χ4v) is 4.72. The number of carbonyl (C=O) groups excluding carboxylic acids is 1. The van der Waals surface area contributed by atoms with Gasteiger partial charge in [-0.05, 0) is 89.4 Å². The summed E-state index contributed by atoms with van der Waals surface area (Å²) < 4.78 is 6.07. The zero-order valence-electron chi connectivity index (χ0n) is 17.2. The van der Waals surface area contributed by atoms with Crippen molar-refractivity contribution < 1.29 is 9.53 Å². The molecule has 0 radical (unpaired) electrons. The minimum Gasteiger partial charge on any atom is -0.478 e. The highest BCUT2D eigenvalue weighted by atomic mass is 35.5. The van der Waals surface area contributed by atoms with Crippen molar-refractivity contribution in [2.75, 3.05) is 14.1 Å². The molecule has 5 heteroatoms. The quantitative estimate of drug-likeness (QED) is 0.760. The maximum absolute atomic E-state index is 13.1. The Morgan fingerprint density at radius 1 is 1.33 bits per heavy atom. The van der Waals surface area contributed by atoms with Crippen LogP contribution in [0.4, 0.5) is 0 Å². The van der Waals surface area contributed by atoms with Crippen LogP contribution in [0.25, 0.3) is 0 Å². The minimum atomic E-state index is -0.968. The van der Waals surface area contributed by atoms with E-state index in [1.54, 1.807) is 6.07 Å². The lowest BCUT2D eigenvalue weighted by Gasteiger charge is -2.53. The van der Waals surface area contributed by atoms with Crippen molar-refractivity contribution in [1.29, 1.82) is 0 Å². The Morgan fingerprint density at radius 3 is 2.63 bits per heavy atom. The first-order valence-corrected chi connectivity index (χ1v) is 10.1. The van der Waals surface area contributed by atoms with Crippen LogP contribution in [0, 0.1) is 12.8 Å². The molecule has 2 bridgehead atoms. The van der Waals surface area contributed by atoms with E-state index in [2.05, 4.69) is 37.3 Å². The fraction of sp³-hybridized carbons (Fsp3) is 0.591. The molecule has 27 heavy (non-hydrogen) atoms. The van der Waals surface area contributed by atoms with Crippen molar-refractivity contribution in [3.05, 3.63) is 40.4 Å². The van der Waals surface area contributed by atoms with Crippen LogP contribution >= 0.6 is 11.6 Å². The van der Waals surface area contributed by atoms with Crippen molar-refractivity contribution in [1.82, 2.24) is 10.2 Å². The van der Waals surface area contributed by atoms with Gasteiger partial charge in [-0.25, -0.2) is 0 Å². The third kappa shape index (κ3) is 3.88. The van der Waals surface area contributed by atoms with Crippen molar-refractivity contribution in [3.8, 4) is 5.75 Å². The number of nitrogens with zero attached hydrogens (tertiary/aromatic N) is 1. The highest BCUT2D eigenvalue weighted by molar-refractivity contribution is 6.30. The Morgan fingerprint density at radius 2 is 2.04 bits per heavy atom. The van der Waals surface area contributed by atoms with E-state index in [-0.39, 0.29) is 17.5 Å². The van der Waals surface area contributed by atoms with Gasteiger partial charge in [-0.3, -0.25) is 4.79 Å². The molecule has 148 valence electrons. The van der Waals surface area contributed by atoms with E-state index in [9.17, 15) is 4.79 Å². The van der Waals surface area contributed by atoms with Gasteiger partial charge in [0.25, 0.3) is 5.91 Å². The first-order chi connectivity index (χ1) is 12.5. The van der Waals surface area contributed by atoms with Gasteiger partial charge in [-0.2, -0.15) is 0 Å². The van der Waals surface area contributed by atoms with Gasteiger partial charge < -0.3 is 15.0 Å². The highest BCUT2D eigenvalue weighted by Crippen LogP contribution is 2.46. The molecule has 3 atom stereocenters. The molecule has 1 saturated carbocycles. The van der Waals surface area contributed by atoms with Crippen molar-refractivity contribution in [2.45, 2.75) is 64.1 Å². The summed E-state index contributed by atoms with van der Waals surface area (Å²) in [6.45, 7) is 7.83. The second kappa shape index (κ2) is 7.14. The molecule has 0 aromatic heterocycles. The van der Waals surface area contributed by atoms with Crippen LogP contribution < -0.4 is 10.1 Å². The number of fused-ring (bicyclic) bond motifs is 3. The zero-order chi connectivity index (χ0) is 20.0. The van der Waals surface area contributed by atoms with E-state index in [4.69, 9.17) is 16.3 Å². The minimum absolute atomic E-state index is 0.0755. The molecular weight excluding hydrogens is 360 g/mol. The average Bonchev–Trinajstić information content (AvgIpc) is 2.57. The van der Waals surface area contributed by atoms with E-state index >= 15 is 0 Å².